The Hall–Kier alpha value is -0.830. The molecule has 1 N–H and O–H groups in total. The molecule has 3 heteroatoms. The minimum atomic E-state index is 0.522. The lowest BCUT2D eigenvalue weighted by Crippen LogP contribution is -2.33. The summed E-state index contributed by atoms with van der Waals surface area (Å²) in [5.74, 6) is 0. The third kappa shape index (κ3) is 3.32. The molecule has 1 aliphatic carbocycles. The minimum Gasteiger partial charge on any atom is -0.312 e. The third-order valence-corrected chi connectivity index (χ3v) is 4.04. The molecule has 0 aromatic carbocycles. The number of hydrogen-bond acceptors (Lipinski definition) is 2. The van der Waals surface area contributed by atoms with Gasteiger partial charge in [0.15, 0.2) is 0 Å². The van der Waals surface area contributed by atoms with E-state index in [-0.39, 0.29) is 0 Å². The Balaban J connectivity index is 1.81. The summed E-state index contributed by atoms with van der Waals surface area (Å²) in [6, 6.07) is 0. The fraction of sp³-hybridized carbons (Fsp3) is 0.786. The average Bonchev–Trinajstić information content (AvgIpc) is 2.58. The number of aryl methyl sites for hydroxylation is 2. The second-order valence-electron chi connectivity index (χ2n) is 5.89. The maximum absolute atomic E-state index is 4.37. The van der Waals surface area contributed by atoms with Crippen molar-refractivity contribution in [1.29, 1.82) is 0 Å². The third-order valence-electron chi connectivity index (χ3n) is 4.04. The van der Waals surface area contributed by atoms with Crippen molar-refractivity contribution in [2.75, 3.05) is 6.54 Å². The van der Waals surface area contributed by atoms with Crippen LogP contribution in [0.5, 0.6) is 0 Å². The zero-order chi connectivity index (χ0) is 12.3. The molecule has 2 rings (SSSR count). The van der Waals surface area contributed by atoms with Crippen LogP contribution in [0.4, 0.5) is 0 Å². The van der Waals surface area contributed by atoms with Gasteiger partial charge in [0, 0.05) is 31.9 Å². The highest BCUT2D eigenvalue weighted by Crippen LogP contribution is 2.34. The summed E-state index contributed by atoms with van der Waals surface area (Å²) in [6.45, 7) is 6.60. The fourth-order valence-electron chi connectivity index (χ4n) is 2.90. The first-order valence-electron chi connectivity index (χ1n) is 6.79. The highest BCUT2D eigenvalue weighted by Gasteiger charge is 2.26. The summed E-state index contributed by atoms with van der Waals surface area (Å²) in [7, 11) is 1.99. The van der Waals surface area contributed by atoms with Crippen molar-refractivity contribution in [2.24, 2.45) is 12.5 Å². The molecule has 0 saturated heterocycles. The first-order chi connectivity index (χ1) is 8.09. The van der Waals surface area contributed by atoms with Crippen LogP contribution in [0.2, 0.25) is 0 Å². The van der Waals surface area contributed by atoms with E-state index in [0.29, 0.717) is 5.41 Å². The van der Waals surface area contributed by atoms with E-state index in [4.69, 9.17) is 0 Å². The van der Waals surface area contributed by atoms with Crippen LogP contribution in [0.25, 0.3) is 0 Å². The van der Waals surface area contributed by atoms with Gasteiger partial charge in [-0.3, -0.25) is 4.68 Å². The van der Waals surface area contributed by atoms with Crippen LogP contribution in [-0.2, 0) is 13.6 Å². The van der Waals surface area contributed by atoms with Gasteiger partial charge in [-0.15, -0.1) is 0 Å². The second-order valence-corrected chi connectivity index (χ2v) is 5.89. The molecular weight excluding hydrogens is 210 g/mol. The molecule has 0 bridgehead atoms. The highest BCUT2D eigenvalue weighted by atomic mass is 15.2. The molecule has 1 aromatic heterocycles. The molecule has 17 heavy (non-hydrogen) atoms. The molecule has 96 valence electrons. The molecule has 0 amide bonds. The Morgan fingerprint density at radius 1 is 1.35 bits per heavy atom. The van der Waals surface area contributed by atoms with Crippen molar-refractivity contribution >= 4 is 0 Å². The van der Waals surface area contributed by atoms with Crippen LogP contribution in [-0.4, -0.2) is 16.3 Å². The molecule has 3 nitrogen and oxygen atoms in total. The van der Waals surface area contributed by atoms with E-state index < -0.39 is 0 Å². The molecule has 0 spiro atoms. The van der Waals surface area contributed by atoms with Crippen LogP contribution in [0, 0.1) is 12.3 Å². The predicted octanol–water partition coefficient (Wildman–Crippen LogP) is 2.79. The molecule has 0 atom stereocenters. The van der Waals surface area contributed by atoms with Gasteiger partial charge in [-0.05, 0) is 25.2 Å². The van der Waals surface area contributed by atoms with Gasteiger partial charge in [-0.25, -0.2) is 0 Å². The summed E-state index contributed by atoms with van der Waals surface area (Å²) in [5.41, 5.74) is 3.00. The summed E-state index contributed by atoms with van der Waals surface area (Å²) in [5, 5.41) is 7.98. The van der Waals surface area contributed by atoms with E-state index in [1.807, 2.05) is 11.7 Å². The predicted molar refractivity (Wildman–Crippen MR) is 70.8 cm³/mol. The van der Waals surface area contributed by atoms with E-state index in [1.165, 1.54) is 37.7 Å². The van der Waals surface area contributed by atoms with E-state index in [2.05, 4.69) is 30.5 Å². The lowest BCUT2D eigenvalue weighted by atomic mass is 9.76. The number of rotatable bonds is 4. The normalized spacial score (nSPS) is 19.5. The van der Waals surface area contributed by atoms with Crippen LogP contribution in [0.15, 0.2) is 6.20 Å². The van der Waals surface area contributed by atoms with Crippen molar-refractivity contribution in [1.82, 2.24) is 15.1 Å². The second kappa shape index (κ2) is 5.21. The summed E-state index contributed by atoms with van der Waals surface area (Å²) < 4.78 is 1.90. The molecule has 0 radical (unpaired) electrons. The summed E-state index contributed by atoms with van der Waals surface area (Å²) in [4.78, 5) is 0. The SMILES string of the molecule is Cc1nn(C)cc1CNCC1(C)CCCCC1. The van der Waals surface area contributed by atoms with E-state index in [0.717, 1.165) is 18.8 Å². The van der Waals surface area contributed by atoms with Gasteiger partial charge in [0.2, 0.25) is 0 Å². The number of nitrogens with one attached hydrogen (secondary N) is 1. The maximum atomic E-state index is 4.37. The lowest BCUT2D eigenvalue weighted by molar-refractivity contribution is 0.207. The highest BCUT2D eigenvalue weighted by molar-refractivity contribution is 5.14. The fourth-order valence-corrected chi connectivity index (χ4v) is 2.90. The Morgan fingerprint density at radius 3 is 2.65 bits per heavy atom. The molecule has 1 fully saturated rings. The van der Waals surface area contributed by atoms with Gasteiger partial charge in [0.1, 0.15) is 0 Å². The molecule has 0 unspecified atom stereocenters. The van der Waals surface area contributed by atoms with Gasteiger partial charge in [-0.2, -0.15) is 5.10 Å². The number of aromatic nitrogens is 2. The standard InChI is InChI=1S/C14H25N3/c1-12-13(10-17(3)16-12)9-15-11-14(2)7-5-4-6-8-14/h10,15H,4-9,11H2,1-3H3. The van der Waals surface area contributed by atoms with E-state index in [9.17, 15) is 0 Å². The largest absolute Gasteiger partial charge is 0.312 e. The van der Waals surface area contributed by atoms with E-state index in [1.54, 1.807) is 0 Å². The number of nitrogens with zero attached hydrogens (tertiary/aromatic N) is 2. The van der Waals surface area contributed by atoms with E-state index >= 15 is 0 Å². The topological polar surface area (TPSA) is 29.9 Å². The van der Waals surface area contributed by atoms with Crippen molar-refractivity contribution in [3.05, 3.63) is 17.5 Å². The zero-order valence-electron chi connectivity index (χ0n) is 11.4. The number of hydrogen-bond donors (Lipinski definition) is 1. The monoisotopic (exact) mass is 235 g/mol. The summed E-state index contributed by atoms with van der Waals surface area (Å²) >= 11 is 0. The molecule has 1 heterocycles. The quantitative estimate of drug-likeness (QED) is 0.869. The van der Waals surface area contributed by atoms with Crippen LogP contribution >= 0.6 is 0 Å². The van der Waals surface area contributed by atoms with Crippen molar-refractivity contribution in [3.8, 4) is 0 Å². The Kier molecular flexibility index (Phi) is 3.87. The van der Waals surface area contributed by atoms with Crippen molar-refractivity contribution in [2.45, 2.75) is 52.5 Å². The first kappa shape index (κ1) is 12.6. The van der Waals surface area contributed by atoms with Gasteiger partial charge in [0.05, 0.1) is 5.69 Å². The van der Waals surface area contributed by atoms with Gasteiger partial charge in [-0.1, -0.05) is 26.2 Å². The molecule has 1 aromatic rings. The van der Waals surface area contributed by atoms with Crippen LogP contribution in [0.1, 0.15) is 50.3 Å². The Labute approximate surface area is 105 Å². The lowest BCUT2D eigenvalue weighted by Gasteiger charge is -2.33. The Morgan fingerprint density at radius 2 is 2.06 bits per heavy atom. The smallest absolute Gasteiger partial charge is 0.0638 e. The zero-order valence-corrected chi connectivity index (χ0v) is 11.4. The van der Waals surface area contributed by atoms with Gasteiger partial charge < -0.3 is 5.32 Å². The Bertz CT molecular complexity index is 362. The molecule has 1 aliphatic rings. The summed E-state index contributed by atoms with van der Waals surface area (Å²) in [6.07, 6.45) is 9.12. The van der Waals surface area contributed by atoms with Gasteiger partial charge in [0.25, 0.3) is 0 Å². The molecule has 0 aliphatic heterocycles. The van der Waals surface area contributed by atoms with Crippen molar-refractivity contribution in [3.63, 3.8) is 0 Å². The maximum Gasteiger partial charge on any atom is 0.0638 e. The van der Waals surface area contributed by atoms with Gasteiger partial charge >= 0.3 is 0 Å². The minimum absolute atomic E-state index is 0.522. The average molecular weight is 235 g/mol. The van der Waals surface area contributed by atoms with Crippen LogP contribution in [0.3, 0.4) is 0 Å². The van der Waals surface area contributed by atoms with Crippen LogP contribution < -0.4 is 5.32 Å². The molecular formula is C14H25N3. The molecule has 1 saturated carbocycles. The van der Waals surface area contributed by atoms with Crippen molar-refractivity contribution < 1.29 is 0 Å². The first-order valence-corrected chi connectivity index (χ1v) is 6.79.